The summed E-state index contributed by atoms with van der Waals surface area (Å²) < 4.78 is 30.3. The number of benzene rings is 3. The predicted octanol–water partition coefficient (Wildman–Crippen LogP) is 4.80. The number of hydrogen-bond acceptors (Lipinski definition) is 9. The minimum Gasteiger partial charge on any atom is -0.489 e. The van der Waals surface area contributed by atoms with Crippen LogP contribution in [-0.4, -0.2) is 58.6 Å². The number of nitrogens with zero attached hydrogens (tertiary/aromatic N) is 1. The minimum absolute atomic E-state index is 0.280. The zero-order valence-corrected chi connectivity index (χ0v) is 25.7. The third-order valence-electron chi connectivity index (χ3n) is 7.68. The highest BCUT2D eigenvalue weighted by Crippen LogP contribution is 2.37. The number of hydrogen-bond donors (Lipinski definition) is 1. The van der Waals surface area contributed by atoms with Crippen LogP contribution in [-0.2, 0) is 46.4 Å². The van der Waals surface area contributed by atoms with Crippen molar-refractivity contribution >= 4 is 28.8 Å². The van der Waals surface area contributed by atoms with E-state index in [4.69, 9.17) is 23.7 Å². The number of aryl methyl sites for hydroxylation is 1. The van der Waals surface area contributed by atoms with E-state index in [-0.39, 0.29) is 6.61 Å². The Morgan fingerprint density at radius 1 is 0.822 bits per heavy atom. The fourth-order valence-electron chi connectivity index (χ4n) is 5.72. The summed E-state index contributed by atoms with van der Waals surface area (Å²) in [6, 6.07) is 23.7. The lowest BCUT2D eigenvalue weighted by Gasteiger charge is -2.43. The van der Waals surface area contributed by atoms with Crippen LogP contribution in [0.3, 0.4) is 0 Å². The summed E-state index contributed by atoms with van der Waals surface area (Å²) in [5.74, 6) is -1.11. The van der Waals surface area contributed by atoms with E-state index in [0.717, 1.165) is 38.9 Å². The molecule has 2 heterocycles. The second kappa shape index (κ2) is 14.0. The van der Waals surface area contributed by atoms with Crippen LogP contribution in [0.4, 0.5) is 0 Å². The zero-order chi connectivity index (χ0) is 32.1. The van der Waals surface area contributed by atoms with Crippen molar-refractivity contribution < 1.29 is 43.2 Å². The molecule has 1 aromatic heterocycles. The molecule has 0 amide bonds. The maximum absolute atomic E-state index is 12.2. The van der Waals surface area contributed by atoms with Gasteiger partial charge in [-0.2, -0.15) is 0 Å². The highest BCUT2D eigenvalue weighted by Gasteiger charge is 2.50. The van der Waals surface area contributed by atoms with Gasteiger partial charge in [0.15, 0.2) is 18.4 Å². The van der Waals surface area contributed by atoms with Crippen molar-refractivity contribution in [1.82, 2.24) is 4.57 Å². The van der Waals surface area contributed by atoms with Gasteiger partial charge in [-0.1, -0.05) is 54.6 Å². The number of aliphatic hydroxyl groups excluding tert-OH is 1. The first kappa shape index (κ1) is 31.7. The number of carbonyl (C=O) groups excluding carboxylic acids is 3. The van der Waals surface area contributed by atoms with Crippen molar-refractivity contribution in [3.63, 3.8) is 0 Å². The Morgan fingerprint density at radius 3 is 2.18 bits per heavy atom. The van der Waals surface area contributed by atoms with Gasteiger partial charge in [-0.15, -0.1) is 0 Å². The van der Waals surface area contributed by atoms with Crippen LogP contribution in [0.5, 0.6) is 5.75 Å². The van der Waals surface area contributed by atoms with Crippen molar-refractivity contribution in [2.24, 2.45) is 0 Å². The maximum Gasteiger partial charge on any atom is 0.303 e. The molecule has 1 saturated heterocycles. The molecule has 3 aromatic carbocycles. The fourth-order valence-corrected chi connectivity index (χ4v) is 5.72. The molecule has 1 N–H and O–H groups in total. The minimum atomic E-state index is -1.47. The SMILES string of the molecule is CC(=O)OC[C@H]1O[C@@H](n2cc(Cc3ccc(OCc4ccccc4)cc3)c3c(C)cccc32)[C@H](OC(C)=O)[C@@H](O)[C@@H]1OC(C)=O. The normalized spacial score (nSPS) is 21.2. The van der Waals surface area contributed by atoms with Gasteiger partial charge in [0, 0.05) is 32.4 Å². The van der Waals surface area contributed by atoms with Crippen LogP contribution < -0.4 is 4.74 Å². The number of rotatable bonds is 10. The van der Waals surface area contributed by atoms with E-state index in [9.17, 15) is 19.5 Å². The van der Waals surface area contributed by atoms with Gasteiger partial charge in [0.1, 0.15) is 31.2 Å². The molecule has 0 unspecified atom stereocenters. The van der Waals surface area contributed by atoms with Gasteiger partial charge in [0.05, 0.1) is 5.52 Å². The molecule has 10 heteroatoms. The molecule has 0 bridgehead atoms. The van der Waals surface area contributed by atoms with E-state index >= 15 is 0 Å². The molecule has 5 rings (SSSR count). The van der Waals surface area contributed by atoms with Gasteiger partial charge in [-0.25, -0.2) is 0 Å². The van der Waals surface area contributed by atoms with Gasteiger partial charge >= 0.3 is 17.9 Å². The third-order valence-corrected chi connectivity index (χ3v) is 7.68. The van der Waals surface area contributed by atoms with Crippen molar-refractivity contribution in [3.05, 3.63) is 101 Å². The van der Waals surface area contributed by atoms with Gasteiger partial charge in [-0.05, 0) is 53.8 Å². The Bertz CT molecular complexity index is 1650. The van der Waals surface area contributed by atoms with Crippen molar-refractivity contribution in [2.45, 2.75) is 71.4 Å². The molecule has 236 valence electrons. The molecular formula is C35H37NO9. The molecule has 4 aromatic rings. The Kier molecular flexibility index (Phi) is 9.85. The molecule has 1 fully saturated rings. The summed E-state index contributed by atoms with van der Waals surface area (Å²) in [6.45, 7) is 5.87. The van der Waals surface area contributed by atoms with Gasteiger partial charge in [-0.3, -0.25) is 14.4 Å². The van der Waals surface area contributed by atoms with Gasteiger partial charge in [0.25, 0.3) is 0 Å². The molecule has 0 aliphatic carbocycles. The van der Waals surface area contributed by atoms with Crippen molar-refractivity contribution in [1.29, 1.82) is 0 Å². The Hall–Kier alpha value is -4.67. The first-order chi connectivity index (χ1) is 21.6. The Morgan fingerprint density at radius 2 is 1.51 bits per heavy atom. The number of fused-ring (bicyclic) bond motifs is 1. The van der Waals surface area contributed by atoms with Crippen LogP contribution in [0.25, 0.3) is 10.9 Å². The topological polar surface area (TPSA) is 123 Å². The number of aromatic nitrogens is 1. The second-order valence-corrected chi connectivity index (χ2v) is 11.1. The van der Waals surface area contributed by atoms with Gasteiger partial charge < -0.3 is 33.4 Å². The van der Waals surface area contributed by atoms with E-state index in [1.165, 1.54) is 20.8 Å². The van der Waals surface area contributed by atoms with E-state index in [0.29, 0.717) is 13.0 Å². The average Bonchev–Trinajstić information content (AvgIpc) is 3.37. The van der Waals surface area contributed by atoms with Crippen molar-refractivity contribution in [3.8, 4) is 5.75 Å². The van der Waals surface area contributed by atoms with Crippen LogP contribution in [0.1, 0.15) is 49.3 Å². The summed E-state index contributed by atoms with van der Waals surface area (Å²) >= 11 is 0. The fraction of sp³-hybridized carbons (Fsp3) is 0.343. The average molecular weight is 616 g/mol. The molecule has 0 saturated carbocycles. The largest absolute Gasteiger partial charge is 0.489 e. The summed E-state index contributed by atoms with van der Waals surface area (Å²) in [4.78, 5) is 35.7. The van der Waals surface area contributed by atoms with Crippen LogP contribution in [0.2, 0.25) is 0 Å². The third kappa shape index (κ3) is 7.53. The highest BCUT2D eigenvalue weighted by molar-refractivity contribution is 5.87. The Labute approximate surface area is 261 Å². The summed E-state index contributed by atoms with van der Waals surface area (Å²) in [6.07, 6.45) is -3.50. The van der Waals surface area contributed by atoms with E-state index in [1.807, 2.05) is 90.5 Å². The standard InChI is InChI=1S/C35H37NO9/c1-21-9-8-12-29-31(21)27(17-25-13-15-28(16-14-25)42-19-26-10-6-5-7-11-26)18-36(29)35-34(44-24(4)39)32(40)33(43-23(3)38)30(45-35)20-41-22(2)37/h5-16,18,30,32-35,40H,17,19-20H2,1-4H3/t30-,32+,33-,34-,35-/m1/s1. The number of carbonyl (C=O) groups is 3. The maximum atomic E-state index is 12.2. The number of ether oxygens (including phenoxy) is 5. The summed E-state index contributed by atoms with van der Waals surface area (Å²) in [5, 5.41) is 12.4. The molecule has 1 aliphatic heterocycles. The molecule has 10 nitrogen and oxygen atoms in total. The molecule has 0 spiro atoms. The van der Waals surface area contributed by atoms with Gasteiger partial charge in [0.2, 0.25) is 0 Å². The van der Waals surface area contributed by atoms with E-state index in [2.05, 4.69) is 0 Å². The second-order valence-electron chi connectivity index (χ2n) is 11.1. The quantitative estimate of drug-likeness (QED) is 0.198. The van der Waals surface area contributed by atoms with E-state index in [1.54, 1.807) is 0 Å². The molecule has 0 radical (unpaired) electrons. The van der Waals surface area contributed by atoms with E-state index < -0.39 is 48.6 Å². The van der Waals surface area contributed by atoms with Crippen LogP contribution in [0, 0.1) is 6.92 Å². The lowest BCUT2D eigenvalue weighted by atomic mass is 9.97. The summed E-state index contributed by atoms with van der Waals surface area (Å²) in [7, 11) is 0. The molecular weight excluding hydrogens is 578 g/mol. The molecule has 1 aliphatic rings. The lowest BCUT2D eigenvalue weighted by Crippen LogP contribution is -2.59. The first-order valence-electron chi connectivity index (χ1n) is 14.8. The van der Waals surface area contributed by atoms with Crippen LogP contribution >= 0.6 is 0 Å². The smallest absolute Gasteiger partial charge is 0.303 e. The highest BCUT2D eigenvalue weighted by atomic mass is 16.6. The first-order valence-corrected chi connectivity index (χ1v) is 14.8. The summed E-state index contributed by atoms with van der Waals surface area (Å²) in [5.41, 5.74) is 4.94. The zero-order valence-electron chi connectivity index (χ0n) is 25.7. The number of esters is 3. The number of aliphatic hydroxyl groups is 1. The van der Waals surface area contributed by atoms with Crippen LogP contribution in [0.15, 0.2) is 79.0 Å². The lowest BCUT2D eigenvalue weighted by molar-refractivity contribution is -0.263. The monoisotopic (exact) mass is 615 g/mol. The molecule has 45 heavy (non-hydrogen) atoms. The Balaban J connectivity index is 1.47. The predicted molar refractivity (Wildman–Crippen MR) is 164 cm³/mol. The van der Waals surface area contributed by atoms with Crippen molar-refractivity contribution in [2.75, 3.05) is 6.61 Å². The molecule has 5 atom stereocenters.